The minimum Gasteiger partial charge on any atom is -0.378 e. The lowest BCUT2D eigenvalue weighted by Crippen LogP contribution is -2.42. The van der Waals surface area contributed by atoms with E-state index in [0.29, 0.717) is 0 Å². The molecule has 0 saturated heterocycles. The molecule has 100 valence electrons. The molecular formula is C14H23N3O. The van der Waals surface area contributed by atoms with Crippen LogP contribution in [0.5, 0.6) is 0 Å². The number of nitrogens with one attached hydrogen (secondary N) is 2. The molecule has 1 amide bonds. The quantitative estimate of drug-likeness (QED) is 0.838. The smallest absolute Gasteiger partial charge is 0.241 e. The Morgan fingerprint density at radius 1 is 1.17 bits per heavy atom. The third-order valence-corrected chi connectivity index (χ3v) is 2.91. The fourth-order valence-corrected chi connectivity index (χ4v) is 1.83. The van der Waals surface area contributed by atoms with Crippen molar-refractivity contribution < 1.29 is 4.79 Å². The zero-order chi connectivity index (χ0) is 13.7. The van der Waals surface area contributed by atoms with Gasteiger partial charge in [0.05, 0.1) is 6.04 Å². The van der Waals surface area contributed by atoms with Gasteiger partial charge in [0.25, 0.3) is 0 Å². The Bertz CT molecular complexity index is 385. The van der Waals surface area contributed by atoms with Crippen LogP contribution < -0.4 is 15.5 Å². The number of amides is 1. The molecule has 0 saturated carbocycles. The van der Waals surface area contributed by atoms with Gasteiger partial charge in [-0.25, -0.2) is 0 Å². The standard InChI is InChI=1S/C14H23N3O/c1-10(2)13(15-3)14(18)16-11-6-8-12(9-7-11)17(4)5/h6-10,13,15H,1-5H3,(H,16,18). The average molecular weight is 249 g/mol. The summed E-state index contributed by atoms with van der Waals surface area (Å²) in [6, 6.07) is 7.64. The van der Waals surface area contributed by atoms with Crippen molar-refractivity contribution in [3.05, 3.63) is 24.3 Å². The van der Waals surface area contributed by atoms with Gasteiger partial charge in [-0.15, -0.1) is 0 Å². The number of hydrogen-bond acceptors (Lipinski definition) is 3. The van der Waals surface area contributed by atoms with Gasteiger partial charge in [-0.1, -0.05) is 13.8 Å². The van der Waals surface area contributed by atoms with Gasteiger partial charge < -0.3 is 15.5 Å². The highest BCUT2D eigenvalue weighted by atomic mass is 16.2. The predicted molar refractivity (Wildman–Crippen MR) is 77.1 cm³/mol. The van der Waals surface area contributed by atoms with E-state index in [0.717, 1.165) is 11.4 Å². The molecule has 0 aliphatic carbocycles. The maximum absolute atomic E-state index is 12.0. The number of benzene rings is 1. The van der Waals surface area contributed by atoms with E-state index in [2.05, 4.69) is 10.6 Å². The molecule has 1 rings (SSSR count). The van der Waals surface area contributed by atoms with Crippen LogP contribution in [0.1, 0.15) is 13.8 Å². The molecule has 0 aliphatic rings. The average Bonchev–Trinajstić information content (AvgIpc) is 2.29. The molecule has 0 aromatic heterocycles. The van der Waals surface area contributed by atoms with Crippen LogP contribution in [0.4, 0.5) is 11.4 Å². The Morgan fingerprint density at radius 2 is 1.72 bits per heavy atom. The van der Waals surface area contributed by atoms with Crippen molar-refractivity contribution in [3.63, 3.8) is 0 Å². The first-order valence-electron chi connectivity index (χ1n) is 6.21. The highest BCUT2D eigenvalue weighted by Gasteiger charge is 2.19. The van der Waals surface area contributed by atoms with E-state index >= 15 is 0 Å². The van der Waals surface area contributed by atoms with Crippen LogP contribution in [0, 0.1) is 5.92 Å². The lowest BCUT2D eigenvalue weighted by molar-refractivity contribution is -0.118. The van der Waals surface area contributed by atoms with E-state index in [9.17, 15) is 4.79 Å². The van der Waals surface area contributed by atoms with Crippen LogP contribution in [0.3, 0.4) is 0 Å². The molecule has 1 atom stereocenters. The molecule has 4 nitrogen and oxygen atoms in total. The summed E-state index contributed by atoms with van der Waals surface area (Å²) in [5.41, 5.74) is 1.94. The molecule has 0 aliphatic heterocycles. The van der Waals surface area contributed by atoms with Crippen molar-refractivity contribution in [3.8, 4) is 0 Å². The first-order chi connectivity index (χ1) is 8.45. The first-order valence-corrected chi connectivity index (χ1v) is 6.21. The monoisotopic (exact) mass is 249 g/mol. The largest absolute Gasteiger partial charge is 0.378 e. The van der Waals surface area contributed by atoms with Crippen molar-refractivity contribution in [1.82, 2.24) is 5.32 Å². The van der Waals surface area contributed by atoms with Crippen LogP contribution >= 0.6 is 0 Å². The van der Waals surface area contributed by atoms with E-state index in [1.807, 2.05) is 57.1 Å². The summed E-state index contributed by atoms with van der Waals surface area (Å²) in [5, 5.41) is 5.95. The number of likely N-dealkylation sites (N-methyl/N-ethyl adjacent to an activating group) is 1. The van der Waals surface area contributed by atoms with E-state index in [-0.39, 0.29) is 17.9 Å². The molecule has 0 bridgehead atoms. The van der Waals surface area contributed by atoms with Crippen LogP contribution in [-0.2, 0) is 4.79 Å². The van der Waals surface area contributed by atoms with Gasteiger partial charge >= 0.3 is 0 Å². The van der Waals surface area contributed by atoms with Gasteiger partial charge in [-0.2, -0.15) is 0 Å². The predicted octanol–water partition coefficient (Wildman–Crippen LogP) is 1.94. The summed E-state index contributed by atoms with van der Waals surface area (Å²) in [6.45, 7) is 4.05. The third kappa shape index (κ3) is 3.74. The number of carbonyl (C=O) groups is 1. The maximum Gasteiger partial charge on any atom is 0.241 e. The van der Waals surface area contributed by atoms with Gasteiger partial charge in [0, 0.05) is 25.5 Å². The summed E-state index contributed by atoms with van der Waals surface area (Å²) < 4.78 is 0. The van der Waals surface area contributed by atoms with Crippen molar-refractivity contribution in [2.75, 3.05) is 31.4 Å². The highest BCUT2D eigenvalue weighted by molar-refractivity contribution is 5.95. The molecule has 2 N–H and O–H groups in total. The van der Waals surface area contributed by atoms with E-state index in [1.165, 1.54) is 0 Å². The molecule has 0 heterocycles. The summed E-state index contributed by atoms with van der Waals surface area (Å²) in [4.78, 5) is 14.0. The van der Waals surface area contributed by atoms with Crippen LogP contribution in [0.25, 0.3) is 0 Å². The summed E-state index contributed by atoms with van der Waals surface area (Å²) in [5.74, 6) is 0.265. The molecule has 18 heavy (non-hydrogen) atoms. The zero-order valence-electron chi connectivity index (χ0n) is 11.8. The lowest BCUT2D eigenvalue weighted by atomic mass is 10.0. The second kappa shape index (κ2) is 6.40. The van der Waals surface area contributed by atoms with E-state index in [4.69, 9.17) is 0 Å². The Morgan fingerprint density at radius 3 is 2.11 bits per heavy atom. The fraction of sp³-hybridized carbons (Fsp3) is 0.500. The molecule has 1 unspecified atom stereocenters. The fourth-order valence-electron chi connectivity index (χ4n) is 1.83. The van der Waals surface area contributed by atoms with E-state index < -0.39 is 0 Å². The van der Waals surface area contributed by atoms with Crippen LogP contribution in [-0.4, -0.2) is 33.1 Å². The van der Waals surface area contributed by atoms with Crippen molar-refractivity contribution in [2.45, 2.75) is 19.9 Å². The second-order valence-corrected chi connectivity index (χ2v) is 4.94. The van der Waals surface area contributed by atoms with Crippen molar-refractivity contribution >= 4 is 17.3 Å². The highest BCUT2D eigenvalue weighted by Crippen LogP contribution is 2.16. The van der Waals surface area contributed by atoms with Gasteiger partial charge in [0.1, 0.15) is 0 Å². The van der Waals surface area contributed by atoms with Crippen molar-refractivity contribution in [2.24, 2.45) is 5.92 Å². The normalized spacial score (nSPS) is 12.3. The molecular weight excluding hydrogens is 226 g/mol. The third-order valence-electron chi connectivity index (χ3n) is 2.91. The number of hydrogen-bond donors (Lipinski definition) is 2. The zero-order valence-corrected chi connectivity index (χ0v) is 11.8. The van der Waals surface area contributed by atoms with Crippen LogP contribution in [0.2, 0.25) is 0 Å². The van der Waals surface area contributed by atoms with Gasteiger partial charge in [-0.3, -0.25) is 4.79 Å². The number of carbonyl (C=O) groups excluding carboxylic acids is 1. The molecule has 0 fully saturated rings. The Labute approximate surface area is 109 Å². The first kappa shape index (κ1) is 14.5. The summed E-state index contributed by atoms with van der Waals surface area (Å²) in [7, 11) is 5.78. The van der Waals surface area contributed by atoms with Gasteiger partial charge in [0.2, 0.25) is 5.91 Å². The minimum absolute atomic E-state index is 0.00473. The second-order valence-electron chi connectivity index (χ2n) is 4.94. The lowest BCUT2D eigenvalue weighted by Gasteiger charge is -2.19. The Balaban J connectivity index is 2.70. The Hall–Kier alpha value is -1.55. The number of rotatable bonds is 5. The van der Waals surface area contributed by atoms with Crippen LogP contribution in [0.15, 0.2) is 24.3 Å². The van der Waals surface area contributed by atoms with Gasteiger partial charge in [0.15, 0.2) is 0 Å². The van der Waals surface area contributed by atoms with Crippen molar-refractivity contribution in [1.29, 1.82) is 0 Å². The molecule has 1 aromatic rings. The molecule has 0 radical (unpaired) electrons. The summed E-state index contributed by atoms with van der Waals surface area (Å²) in [6.07, 6.45) is 0. The SMILES string of the molecule is CNC(C(=O)Nc1ccc(N(C)C)cc1)C(C)C. The number of anilines is 2. The maximum atomic E-state index is 12.0. The molecule has 4 heteroatoms. The molecule has 0 spiro atoms. The number of nitrogens with zero attached hydrogens (tertiary/aromatic N) is 1. The Kier molecular flexibility index (Phi) is 5.16. The summed E-state index contributed by atoms with van der Waals surface area (Å²) >= 11 is 0. The topological polar surface area (TPSA) is 44.4 Å². The minimum atomic E-state index is -0.168. The van der Waals surface area contributed by atoms with E-state index in [1.54, 1.807) is 7.05 Å². The van der Waals surface area contributed by atoms with Gasteiger partial charge in [-0.05, 0) is 37.2 Å². The molecule has 1 aromatic carbocycles.